The number of aromatic nitrogens is 2. The van der Waals surface area contributed by atoms with Crippen molar-refractivity contribution in [2.75, 3.05) is 7.05 Å². The van der Waals surface area contributed by atoms with Crippen LogP contribution in [0, 0.1) is 6.92 Å². The molecule has 90 valence electrons. The number of rotatable bonds is 2. The molecule has 0 spiro atoms. The summed E-state index contributed by atoms with van der Waals surface area (Å²) in [5.41, 5.74) is -0.691. The zero-order valence-electron chi connectivity index (χ0n) is 9.09. The zero-order valence-corrected chi connectivity index (χ0v) is 9.09. The molecule has 0 aliphatic rings. The van der Waals surface area contributed by atoms with E-state index in [9.17, 15) is 18.0 Å². The second kappa shape index (κ2) is 4.15. The molecule has 0 saturated heterocycles. The van der Waals surface area contributed by atoms with Crippen molar-refractivity contribution in [2.24, 2.45) is 0 Å². The molecule has 1 unspecified atom stereocenters. The molecule has 0 saturated carbocycles. The van der Waals surface area contributed by atoms with E-state index in [1.165, 1.54) is 20.9 Å². The monoisotopic (exact) mass is 235 g/mol. The minimum Gasteiger partial charge on any atom is -0.357 e. The van der Waals surface area contributed by atoms with E-state index in [4.69, 9.17) is 0 Å². The van der Waals surface area contributed by atoms with Crippen molar-refractivity contribution < 1.29 is 18.0 Å². The van der Waals surface area contributed by atoms with E-state index >= 15 is 0 Å². The van der Waals surface area contributed by atoms with Crippen LogP contribution in [0.4, 0.5) is 13.2 Å². The average Bonchev–Trinajstić information content (AvgIpc) is 2.57. The fraction of sp³-hybridized carbons (Fsp3) is 0.556. The van der Waals surface area contributed by atoms with Crippen LogP contribution in [0.25, 0.3) is 0 Å². The second-order valence-electron chi connectivity index (χ2n) is 3.40. The topological polar surface area (TPSA) is 46.9 Å². The van der Waals surface area contributed by atoms with Gasteiger partial charge in [0.1, 0.15) is 6.04 Å². The molecule has 1 N–H and O–H groups in total. The summed E-state index contributed by atoms with van der Waals surface area (Å²) >= 11 is 0. The molecule has 0 aromatic carbocycles. The van der Waals surface area contributed by atoms with Crippen molar-refractivity contribution in [2.45, 2.75) is 26.1 Å². The van der Waals surface area contributed by atoms with Crippen LogP contribution in [0.1, 0.15) is 24.4 Å². The summed E-state index contributed by atoms with van der Waals surface area (Å²) in [6.45, 7) is 2.96. The summed E-state index contributed by atoms with van der Waals surface area (Å²) in [5.74, 6) is -0.389. The van der Waals surface area contributed by atoms with Gasteiger partial charge in [0.15, 0.2) is 5.69 Å². The lowest BCUT2D eigenvalue weighted by Crippen LogP contribution is -2.29. The Balaban J connectivity index is 3.07. The van der Waals surface area contributed by atoms with Crippen LogP contribution in [-0.4, -0.2) is 22.7 Å². The SMILES string of the molecule is CNC(=O)C(C)n1nc(C(F)(F)F)cc1C. The van der Waals surface area contributed by atoms with Gasteiger partial charge in [-0.3, -0.25) is 9.48 Å². The molecule has 1 amide bonds. The van der Waals surface area contributed by atoms with Crippen molar-refractivity contribution in [1.82, 2.24) is 15.1 Å². The Bertz CT molecular complexity index is 397. The summed E-state index contributed by atoms with van der Waals surface area (Å²) in [5, 5.41) is 5.74. The molecule has 1 atom stereocenters. The smallest absolute Gasteiger partial charge is 0.357 e. The number of nitrogens with zero attached hydrogens (tertiary/aromatic N) is 2. The van der Waals surface area contributed by atoms with Gasteiger partial charge in [-0.15, -0.1) is 0 Å². The summed E-state index contributed by atoms with van der Waals surface area (Å²) in [4.78, 5) is 11.3. The first-order valence-corrected chi connectivity index (χ1v) is 4.62. The Morgan fingerprint density at radius 1 is 1.56 bits per heavy atom. The van der Waals surface area contributed by atoms with Crippen LogP contribution in [0.15, 0.2) is 6.07 Å². The summed E-state index contributed by atoms with van der Waals surface area (Å²) in [6, 6.07) is 0.153. The van der Waals surface area contributed by atoms with Crippen LogP contribution >= 0.6 is 0 Å². The molecule has 4 nitrogen and oxygen atoms in total. The number of carbonyl (C=O) groups is 1. The van der Waals surface area contributed by atoms with Gasteiger partial charge in [0, 0.05) is 12.7 Å². The minimum atomic E-state index is -4.49. The number of nitrogens with one attached hydrogen (secondary N) is 1. The van der Waals surface area contributed by atoms with E-state index in [0.29, 0.717) is 5.69 Å². The highest BCUT2D eigenvalue weighted by Gasteiger charge is 2.35. The highest BCUT2D eigenvalue weighted by Crippen LogP contribution is 2.29. The molecule has 1 aromatic rings. The number of halogens is 3. The standard InChI is InChI=1S/C9H12F3N3O/c1-5-4-7(9(10,11)12)14-15(5)6(2)8(16)13-3/h4,6H,1-3H3,(H,13,16). The van der Waals surface area contributed by atoms with Gasteiger partial charge in [0.2, 0.25) is 5.91 Å². The lowest BCUT2D eigenvalue weighted by molar-refractivity contribution is -0.142. The first kappa shape index (κ1) is 12.5. The Kier molecular flexibility index (Phi) is 3.25. The van der Waals surface area contributed by atoms with Gasteiger partial charge < -0.3 is 5.32 Å². The van der Waals surface area contributed by atoms with Crippen LogP contribution in [0.5, 0.6) is 0 Å². The number of aryl methyl sites for hydroxylation is 1. The van der Waals surface area contributed by atoms with Crippen molar-refractivity contribution in [3.05, 3.63) is 17.5 Å². The third-order valence-electron chi connectivity index (χ3n) is 2.21. The fourth-order valence-electron chi connectivity index (χ4n) is 1.34. The van der Waals surface area contributed by atoms with Gasteiger partial charge in [0.05, 0.1) is 0 Å². The number of hydrogen-bond acceptors (Lipinski definition) is 2. The van der Waals surface area contributed by atoms with E-state index in [1.54, 1.807) is 0 Å². The molecular formula is C9H12F3N3O. The van der Waals surface area contributed by atoms with Crippen molar-refractivity contribution in [3.8, 4) is 0 Å². The van der Waals surface area contributed by atoms with Gasteiger partial charge in [-0.05, 0) is 19.9 Å². The predicted octanol–water partition coefficient (Wildman–Crippen LogP) is 1.52. The summed E-state index contributed by atoms with van der Waals surface area (Å²) < 4.78 is 38.1. The second-order valence-corrected chi connectivity index (χ2v) is 3.40. The molecule has 0 aliphatic carbocycles. The minimum absolute atomic E-state index is 0.295. The first-order valence-electron chi connectivity index (χ1n) is 4.62. The van der Waals surface area contributed by atoms with E-state index in [-0.39, 0.29) is 5.91 Å². The highest BCUT2D eigenvalue weighted by molar-refractivity contribution is 5.79. The summed E-state index contributed by atoms with van der Waals surface area (Å²) in [6.07, 6.45) is -4.49. The van der Waals surface area contributed by atoms with Gasteiger partial charge in [-0.25, -0.2) is 0 Å². The molecule has 0 radical (unpaired) electrons. The van der Waals surface area contributed by atoms with Crippen molar-refractivity contribution in [1.29, 1.82) is 0 Å². The first-order chi connectivity index (χ1) is 7.27. The third kappa shape index (κ3) is 2.34. The maximum absolute atomic E-state index is 12.4. The Labute approximate surface area is 90.4 Å². The Morgan fingerprint density at radius 3 is 2.50 bits per heavy atom. The average molecular weight is 235 g/mol. The number of amides is 1. The molecule has 0 bridgehead atoms. The molecule has 0 fully saturated rings. The van der Waals surface area contributed by atoms with Crippen LogP contribution in [-0.2, 0) is 11.0 Å². The summed E-state index contributed by atoms with van der Waals surface area (Å²) in [7, 11) is 1.42. The molecule has 1 heterocycles. The van der Waals surface area contributed by atoms with E-state index in [1.807, 2.05) is 0 Å². The molecule has 7 heteroatoms. The van der Waals surface area contributed by atoms with Crippen LogP contribution in [0.3, 0.4) is 0 Å². The number of hydrogen-bond donors (Lipinski definition) is 1. The van der Waals surface area contributed by atoms with Gasteiger partial charge in [-0.1, -0.05) is 0 Å². The Hall–Kier alpha value is -1.53. The maximum atomic E-state index is 12.4. The quantitative estimate of drug-likeness (QED) is 0.844. The number of alkyl halides is 3. The normalized spacial score (nSPS) is 13.6. The van der Waals surface area contributed by atoms with E-state index in [2.05, 4.69) is 10.4 Å². The van der Waals surface area contributed by atoms with Crippen LogP contribution in [0.2, 0.25) is 0 Å². The molecule has 1 rings (SSSR count). The van der Waals surface area contributed by atoms with Gasteiger partial charge in [-0.2, -0.15) is 18.3 Å². The Morgan fingerprint density at radius 2 is 2.12 bits per heavy atom. The highest BCUT2D eigenvalue weighted by atomic mass is 19.4. The van der Waals surface area contributed by atoms with Crippen molar-refractivity contribution >= 4 is 5.91 Å². The fourth-order valence-corrected chi connectivity index (χ4v) is 1.34. The van der Waals surface area contributed by atoms with Crippen molar-refractivity contribution in [3.63, 3.8) is 0 Å². The van der Waals surface area contributed by atoms with Gasteiger partial charge in [0.25, 0.3) is 0 Å². The van der Waals surface area contributed by atoms with Gasteiger partial charge >= 0.3 is 6.18 Å². The van der Waals surface area contributed by atoms with Crippen LogP contribution < -0.4 is 5.32 Å². The van der Waals surface area contributed by atoms with E-state index in [0.717, 1.165) is 10.7 Å². The third-order valence-corrected chi connectivity index (χ3v) is 2.21. The molecule has 1 aromatic heterocycles. The maximum Gasteiger partial charge on any atom is 0.435 e. The zero-order chi connectivity index (χ0) is 12.5. The molecule has 16 heavy (non-hydrogen) atoms. The predicted molar refractivity (Wildman–Crippen MR) is 50.7 cm³/mol. The van der Waals surface area contributed by atoms with E-state index < -0.39 is 17.9 Å². The molecule has 0 aliphatic heterocycles. The number of carbonyl (C=O) groups excluding carboxylic acids is 1. The lowest BCUT2D eigenvalue weighted by Gasteiger charge is -2.12. The molecular weight excluding hydrogens is 223 g/mol. The number of likely N-dealkylation sites (N-methyl/N-ethyl adjacent to an activating group) is 1. The lowest BCUT2D eigenvalue weighted by atomic mass is 10.3. The largest absolute Gasteiger partial charge is 0.435 e.